The molecule has 3 aromatic carbocycles. The number of tetrazole rings is 1. The summed E-state index contributed by atoms with van der Waals surface area (Å²) in [5.41, 5.74) is 1.46. The quantitative estimate of drug-likeness (QED) is 0.0506. The van der Waals surface area contributed by atoms with Gasteiger partial charge in [0.15, 0.2) is 0 Å². The van der Waals surface area contributed by atoms with E-state index in [4.69, 9.17) is 18.6 Å². The van der Waals surface area contributed by atoms with Crippen molar-refractivity contribution in [1.82, 2.24) is 20.2 Å². The van der Waals surface area contributed by atoms with Crippen molar-refractivity contribution in [3.05, 3.63) is 103 Å². The largest absolute Gasteiger partial charge is 0.394 e. The minimum Gasteiger partial charge on any atom is -0.394 e. The van der Waals surface area contributed by atoms with E-state index in [2.05, 4.69) is 96.7 Å². The van der Waals surface area contributed by atoms with Gasteiger partial charge in [0.25, 0.3) is 13.5 Å². The van der Waals surface area contributed by atoms with E-state index in [0.717, 1.165) is 15.9 Å². The summed E-state index contributed by atoms with van der Waals surface area (Å²) >= 11 is 0. The van der Waals surface area contributed by atoms with Crippen molar-refractivity contribution in [2.75, 3.05) is 39.5 Å². The maximum absolute atomic E-state index is 13.3. The molecule has 1 aromatic heterocycles. The van der Waals surface area contributed by atoms with E-state index in [-0.39, 0.29) is 29.3 Å². The molecule has 0 aliphatic rings. The number of nitrogens with zero attached hydrogens (tertiary/aromatic N) is 4. The topological polar surface area (TPSA) is 115 Å². The third-order valence-electron chi connectivity index (χ3n) is 7.94. The van der Waals surface area contributed by atoms with Gasteiger partial charge in [0.1, 0.15) is 19.5 Å². The standard InChI is InChI=1S/C37H46N4O6SSi/c1-31(25-29-48(42,43)36-38-39-40-41(36)32-16-9-6-10-17-32)23-24-33(18-15-26-45-30-46-28-27-44-5)47-49(37(2,3)4,34-19-11-7-12-20-34)35-21-13-8-14-22-35/h6-14,16-17,19-22,25,33H,23-24,26-30H2,1-5H3/b31-25+/t33-/m1/s1. The Balaban J connectivity index is 1.58. The molecule has 49 heavy (non-hydrogen) atoms. The zero-order valence-electron chi connectivity index (χ0n) is 28.9. The highest BCUT2D eigenvalue weighted by atomic mass is 32.2. The Bertz CT molecular complexity index is 1740. The van der Waals surface area contributed by atoms with Crippen LogP contribution in [0.2, 0.25) is 5.04 Å². The summed E-state index contributed by atoms with van der Waals surface area (Å²) in [6.45, 7) is 9.81. The first kappa shape index (κ1) is 37.8. The number of benzene rings is 3. The molecule has 0 bridgehead atoms. The lowest BCUT2D eigenvalue weighted by Gasteiger charge is -2.44. The first-order valence-electron chi connectivity index (χ1n) is 16.2. The predicted octanol–water partition coefficient (Wildman–Crippen LogP) is 4.75. The number of ether oxygens (including phenoxy) is 3. The lowest BCUT2D eigenvalue weighted by molar-refractivity contribution is -0.0557. The summed E-state index contributed by atoms with van der Waals surface area (Å²) in [5, 5.41) is 13.2. The molecular formula is C37H46N4O6SSi. The highest BCUT2D eigenvalue weighted by molar-refractivity contribution is 7.91. The van der Waals surface area contributed by atoms with Crippen LogP contribution in [0.1, 0.15) is 40.5 Å². The lowest BCUT2D eigenvalue weighted by atomic mass is 10.1. The van der Waals surface area contributed by atoms with E-state index < -0.39 is 24.3 Å². The fourth-order valence-electron chi connectivity index (χ4n) is 5.46. The Labute approximate surface area is 291 Å². The molecule has 0 amide bonds. The van der Waals surface area contributed by atoms with Crippen molar-refractivity contribution in [1.29, 1.82) is 0 Å². The molecule has 0 N–H and O–H groups in total. The van der Waals surface area contributed by atoms with Crippen LogP contribution in [0.4, 0.5) is 0 Å². The smallest absolute Gasteiger partial charge is 0.272 e. The molecule has 12 heteroatoms. The van der Waals surface area contributed by atoms with Gasteiger partial charge >= 0.3 is 0 Å². The van der Waals surface area contributed by atoms with Crippen molar-refractivity contribution in [3.8, 4) is 17.5 Å². The fraction of sp³-hybridized carbons (Fsp3) is 0.378. The van der Waals surface area contributed by atoms with Gasteiger partial charge in [-0.05, 0) is 57.7 Å². The lowest BCUT2D eigenvalue weighted by Crippen LogP contribution is -2.67. The summed E-state index contributed by atoms with van der Waals surface area (Å²) in [4.78, 5) is 0. The SMILES string of the molecule is COCCOCOCC#C[C@H](CC/C(C)=C/CS(=O)(=O)c1nnnn1-c1ccccc1)O[Si](c1ccccc1)(c1ccccc1)C(C)(C)C. The van der Waals surface area contributed by atoms with Crippen LogP contribution in [0.15, 0.2) is 108 Å². The average molecular weight is 703 g/mol. The summed E-state index contributed by atoms with van der Waals surface area (Å²) in [5.74, 6) is 6.25. The third kappa shape index (κ3) is 10.3. The maximum Gasteiger partial charge on any atom is 0.272 e. The molecule has 0 aliphatic carbocycles. The first-order valence-corrected chi connectivity index (χ1v) is 19.8. The minimum absolute atomic E-state index is 0.113. The Morgan fingerprint density at radius 2 is 1.53 bits per heavy atom. The van der Waals surface area contributed by atoms with Crippen LogP contribution in [0.5, 0.6) is 0 Å². The predicted molar refractivity (Wildman–Crippen MR) is 193 cm³/mol. The molecule has 4 aromatic rings. The summed E-state index contributed by atoms with van der Waals surface area (Å²) < 4.78 is 51.3. The fourth-order valence-corrected chi connectivity index (χ4v) is 11.3. The monoisotopic (exact) mass is 702 g/mol. The normalized spacial score (nSPS) is 13.1. The van der Waals surface area contributed by atoms with Crippen LogP contribution in [0, 0.1) is 11.8 Å². The number of para-hydroxylation sites is 1. The minimum atomic E-state index is -3.82. The van der Waals surface area contributed by atoms with Gasteiger partial charge in [-0.25, -0.2) is 8.42 Å². The molecule has 0 aliphatic heterocycles. The van der Waals surface area contributed by atoms with Crippen molar-refractivity contribution in [3.63, 3.8) is 0 Å². The number of methoxy groups -OCH3 is 1. The zero-order valence-corrected chi connectivity index (χ0v) is 30.7. The van der Waals surface area contributed by atoms with Gasteiger partial charge in [-0.15, -0.1) is 0 Å². The molecule has 0 saturated heterocycles. The van der Waals surface area contributed by atoms with Gasteiger partial charge in [0.05, 0.1) is 24.7 Å². The van der Waals surface area contributed by atoms with E-state index in [1.54, 1.807) is 37.5 Å². The molecule has 10 nitrogen and oxygen atoms in total. The highest BCUT2D eigenvalue weighted by Gasteiger charge is 2.51. The Hall–Kier alpha value is -3.96. The van der Waals surface area contributed by atoms with E-state index in [1.165, 1.54) is 4.68 Å². The van der Waals surface area contributed by atoms with E-state index in [9.17, 15) is 8.42 Å². The summed E-state index contributed by atoms with van der Waals surface area (Å²) in [7, 11) is -5.12. The van der Waals surface area contributed by atoms with Gasteiger partial charge in [0.2, 0.25) is 9.84 Å². The van der Waals surface area contributed by atoms with Crippen LogP contribution in [-0.2, 0) is 28.5 Å². The van der Waals surface area contributed by atoms with Crippen LogP contribution in [0.3, 0.4) is 0 Å². The van der Waals surface area contributed by atoms with Crippen molar-refractivity contribution < 1.29 is 27.1 Å². The maximum atomic E-state index is 13.3. The van der Waals surface area contributed by atoms with Crippen LogP contribution in [0.25, 0.3) is 5.69 Å². The Kier molecular flexibility index (Phi) is 14.0. The second-order valence-corrected chi connectivity index (χ2v) is 18.7. The number of allylic oxidation sites excluding steroid dienone is 1. The third-order valence-corrected chi connectivity index (χ3v) is 14.4. The van der Waals surface area contributed by atoms with Gasteiger partial charge < -0.3 is 18.6 Å². The zero-order chi connectivity index (χ0) is 35.2. The van der Waals surface area contributed by atoms with E-state index >= 15 is 0 Å². The Morgan fingerprint density at radius 3 is 2.12 bits per heavy atom. The van der Waals surface area contributed by atoms with Gasteiger partial charge in [-0.1, -0.05) is 128 Å². The van der Waals surface area contributed by atoms with Crippen LogP contribution >= 0.6 is 0 Å². The van der Waals surface area contributed by atoms with Crippen LogP contribution < -0.4 is 10.4 Å². The van der Waals surface area contributed by atoms with E-state index in [0.29, 0.717) is 31.7 Å². The molecular weight excluding hydrogens is 657 g/mol. The van der Waals surface area contributed by atoms with Crippen LogP contribution in [-0.4, -0.2) is 82.5 Å². The molecule has 4 rings (SSSR count). The number of aromatic nitrogens is 4. The first-order chi connectivity index (χ1) is 23.6. The van der Waals surface area contributed by atoms with Crippen molar-refractivity contribution in [2.45, 2.75) is 56.8 Å². The summed E-state index contributed by atoms with van der Waals surface area (Å²) in [6.07, 6.45) is 2.37. The van der Waals surface area contributed by atoms with E-state index in [1.807, 2.05) is 25.1 Å². The number of hydrogen-bond donors (Lipinski definition) is 0. The van der Waals surface area contributed by atoms with Gasteiger partial charge in [-0.2, -0.15) is 4.68 Å². The number of rotatable bonds is 17. The highest BCUT2D eigenvalue weighted by Crippen LogP contribution is 2.38. The molecule has 0 radical (unpaired) electrons. The van der Waals surface area contributed by atoms with Gasteiger partial charge in [-0.3, -0.25) is 0 Å². The Morgan fingerprint density at radius 1 is 0.918 bits per heavy atom. The molecule has 0 saturated carbocycles. The molecule has 260 valence electrons. The molecule has 1 atom stereocenters. The summed E-state index contributed by atoms with van der Waals surface area (Å²) in [6, 6.07) is 29.8. The molecule has 0 fully saturated rings. The van der Waals surface area contributed by atoms with Crippen molar-refractivity contribution >= 4 is 28.5 Å². The number of hydrogen-bond acceptors (Lipinski definition) is 9. The second kappa shape index (κ2) is 18.1. The van der Waals surface area contributed by atoms with Gasteiger partial charge in [0, 0.05) is 7.11 Å². The molecule has 0 unspecified atom stereocenters. The number of sulfone groups is 1. The molecule has 1 heterocycles. The average Bonchev–Trinajstić information content (AvgIpc) is 3.62. The van der Waals surface area contributed by atoms with Crippen molar-refractivity contribution in [2.24, 2.45) is 0 Å². The molecule has 0 spiro atoms. The second-order valence-electron chi connectivity index (χ2n) is 12.5.